The molecule has 0 saturated heterocycles. The van der Waals surface area contributed by atoms with Crippen LogP contribution in [-0.2, 0) is 25.7 Å². The fraction of sp³-hybridized carbons (Fsp3) is 0.333. The maximum atomic E-state index is 12.4. The predicted molar refractivity (Wildman–Crippen MR) is 117 cm³/mol. The lowest BCUT2D eigenvalue weighted by atomic mass is 10.1. The molecule has 31 heavy (non-hydrogen) atoms. The van der Waals surface area contributed by atoms with Crippen molar-refractivity contribution in [2.24, 2.45) is 5.10 Å². The second-order valence-electron chi connectivity index (χ2n) is 7.52. The molecule has 3 rings (SSSR count). The minimum absolute atomic E-state index is 0.0118. The van der Waals surface area contributed by atoms with Crippen molar-refractivity contribution in [1.82, 2.24) is 10.3 Å². The van der Waals surface area contributed by atoms with E-state index in [4.69, 9.17) is 4.74 Å². The Hall–Kier alpha value is -3.48. The first-order chi connectivity index (χ1) is 14.9. The second kappa shape index (κ2) is 10.5. The molecule has 7 nitrogen and oxygen atoms in total. The zero-order valence-corrected chi connectivity index (χ0v) is 17.8. The third-order valence-electron chi connectivity index (χ3n) is 5.00. The van der Waals surface area contributed by atoms with Gasteiger partial charge in [-0.15, -0.1) is 0 Å². The average Bonchev–Trinajstić information content (AvgIpc) is 3.28. The van der Waals surface area contributed by atoms with Gasteiger partial charge in [-0.3, -0.25) is 14.4 Å². The van der Waals surface area contributed by atoms with Crippen molar-refractivity contribution < 1.29 is 19.1 Å². The molecule has 2 aromatic rings. The monoisotopic (exact) mass is 421 g/mol. The topological polar surface area (TPSA) is 88.1 Å². The van der Waals surface area contributed by atoms with E-state index in [9.17, 15) is 14.4 Å². The molecule has 1 aliphatic rings. The highest BCUT2D eigenvalue weighted by Gasteiger charge is 2.23. The number of esters is 1. The Bertz CT molecular complexity index is 955. The summed E-state index contributed by atoms with van der Waals surface area (Å²) in [5.41, 5.74) is 3.95. The SMILES string of the molecule is Cc1ccc(CNC(=O)[C@H](C)OC(=O)CCC(=O)N2CCC(c3ccccc3)=N2)cc1. The fourth-order valence-corrected chi connectivity index (χ4v) is 3.16. The molecule has 162 valence electrons. The van der Waals surface area contributed by atoms with E-state index in [0.29, 0.717) is 19.5 Å². The van der Waals surface area contributed by atoms with Gasteiger partial charge in [0.15, 0.2) is 6.10 Å². The summed E-state index contributed by atoms with van der Waals surface area (Å²) in [7, 11) is 0. The maximum absolute atomic E-state index is 12.4. The number of carbonyl (C=O) groups is 3. The molecule has 0 fully saturated rings. The number of rotatable bonds is 8. The van der Waals surface area contributed by atoms with E-state index in [1.165, 1.54) is 11.9 Å². The summed E-state index contributed by atoms with van der Waals surface area (Å²) in [6.45, 7) is 4.36. The predicted octanol–water partition coefficient (Wildman–Crippen LogP) is 2.96. The molecule has 0 bridgehead atoms. The number of amides is 2. The third kappa shape index (κ3) is 6.50. The fourth-order valence-electron chi connectivity index (χ4n) is 3.16. The molecule has 0 unspecified atom stereocenters. The lowest BCUT2D eigenvalue weighted by Gasteiger charge is -2.14. The molecule has 0 aromatic heterocycles. The summed E-state index contributed by atoms with van der Waals surface area (Å²) in [5.74, 6) is -1.20. The smallest absolute Gasteiger partial charge is 0.307 e. The second-order valence-corrected chi connectivity index (χ2v) is 7.52. The molecule has 1 heterocycles. The summed E-state index contributed by atoms with van der Waals surface area (Å²) in [5, 5.41) is 8.51. The molecule has 0 spiro atoms. The van der Waals surface area contributed by atoms with Gasteiger partial charge in [-0.1, -0.05) is 60.2 Å². The van der Waals surface area contributed by atoms with Crippen LogP contribution in [0.4, 0.5) is 0 Å². The highest BCUT2D eigenvalue weighted by atomic mass is 16.5. The van der Waals surface area contributed by atoms with Crippen LogP contribution in [0.25, 0.3) is 0 Å². The van der Waals surface area contributed by atoms with Crippen LogP contribution < -0.4 is 5.32 Å². The van der Waals surface area contributed by atoms with Gasteiger partial charge in [-0.05, 0) is 25.0 Å². The number of hydrogen-bond donors (Lipinski definition) is 1. The summed E-state index contributed by atoms with van der Waals surface area (Å²) in [4.78, 5) is 36.6. The summed E-state index contributed by atoms with van der Waals surface area (Å²) >= 11 is 0. The van der Waals surface area contributed by atoms with Crippen LogP contribution in [0.15, 0.2) is 59.7 Å². The molecule has 7 heteroatoms. The number of benzene rings is 2. The molecule has 0 aliphatic carbocycles. The first kappa shape index (κ1) is 22.2. The Morgan fingerprint density at radius 3 is 2.48 bits per heavy atom. The summed E-state index contributed by atoms with van der Waals surface area (Å²) < 4.78 is 5.17. The number of carbonyl (C=O) groups excluding carboxylic acids is 3. The van der Waals surface area contributed by atoms with Crippen LogP contribution in [0.5, 0.6) is 0 Å². The van der Waals surface area contributed by atoms with Crippen molar-refractivity contribution in [1.29, 1.82) is 0 Å². The van der Waals surface area contributed by atoms with Crippen LogP contribution in [0.1, 0.15) is 42.9 Å². The minimum atomic E-state index is -0.928. The largest absolute Gasteiger partial charge is 0.453 e. The Kier molecular flexibility index (Phi) is 7.54. The van der Waals surface area contributed by atoms with E-state index in [1.807, 2.05) is 61.5 Å². The van der Waals surface area contributed by atoms with Gasteiger partial charge in [0.05, 0.1) is 18.7 Å². The lowest BCUT2D eigenvalue weighted by molar-refractivity contribution is -0.155. The van der Waals surface area contributed by atoms with E-state index in [1.54, 1.807) is 0 Å². The van der Waals surface area contributed by atoms with Crippen molar-refractivity contribution >= 4 is 23.5 Å². The Balaban J connectivity index is 1.40. The molecular weight excluding hydrogens is 394 g/mol. The van der Waals surface area contributed by atoms with Gasteiger partial charge in [0.1, 0.15) is 0 Å². The van der Waals surface area contributed by atoms with E-state index < -0.39 is 12.1 Å². The standard InChI is InChI=1S/C24H27N3O4/c1-17-8-10-19(11-9-17)16-25-24(30)18(2)31-23(29)13-12-22(28)27-15-14-21(26-27)20-6-4-3-5-7-20/h3-11,18H,12-16H2,1-2H3,(H,25,30)/t18-/m0/s1. The van der Waals surface area contributed by atoms with Gasteiger partial charge in [0.25, 0.3) is 5.91 Å². The minimum Gasteiger partial charge on any atom is -0.453 e. The highest BCUT2D eigenvalue weighted by molar-refractivity contribution is 6.02. The molecule has 1 N–H and O–H groups in total. The normalized spacial score (nSPS) is 14.0. The van der Waals surface area contributed by atoms with Gasteiger partial charge >= 0.3 is 5.97 Å². The van der Waals surface area contributed by atoms with Crippen molar-refractivity contribution in [2.75, 3.05) is 6.54 Å². The Labute approximate surface area is 182 Å². The van der Waals surface area contributed by atoms with Crippen molar-refractivity contribution in [3.8, 4) is 0 Å². The quantitative estimate of drug-likeness (QED) is 0.664. The van der Waals surface area contributed by atoms with Crippen LogP contribution >= 0.6 is 0 Å². The zero-order valence-electron chi connectivity index (χ0n) is 17.8. The number of aryl methyl sites for hydroxylation is 1. The van der Waals surface area contributed by atoms with Crippen molar-refractivity contribution in [3.63, 3.8) is 0 Å². The number of ether oxygens (including phenoxy) is 1. The van der Waals surface area contributed by atoms with E-state index in [-0.39, 0.29) is 24.7 Å². The van der Waals surface area contributed by atoms with Gasteiger partial charge < -0.3 is 10.1 Å². The zero-order chi connectivity index (χ0) is 22.2. The average molecular weight is 421 g/mol. The molecule has 0 saturated carbocycles. The Morgan fingerprint density at radius 1 is 1.06 bits per heavy atom. The summed E-state index contributed by atoms with van der Waals surface area (Å²) in [6.07, 6.45) is -0.357. The van der Waals surface area contributed by atoms with Gasteiger partial charge in [0.2, 0.25) is 5.91 Å². The number of hydrazone groups is 1. The molecule has 2 amide bonds. The van der Waals surface area contributed by atoms with Crippen molar-refractivity contribution in [3.05, 3.63) is 71.3 Å². The first-order valence-corrected chi connectivity index (χ1v) is 10.4. The first-order valence-electron chi connectivity index (χ1n) is 10.4. The number of nitrogens with zero attached hydrogens (tertiary/aromatic N) is 2. The number of nitrogens with one attached hydrogen (secondary N) is 1. The number of hydrogen-bond acceptors (Lipinski definition) is 5. The van der Waals surface area contributed by atoms with E-state index in [2.05, 4.69) is 10.4 Å². The molecule has 1 atom stereocenters. The Morgan fingerprint density at radius 2 is 1.77 bits per heavy atom. The van der Waals surface area contributed by atoms with Crippen molar-refractivity contribution in [2.45, 2.75) is 45.8 Å². The lowest BCUT2D eigenvalue weighted by Crippen LogP contribution is -2.35. The van der Waals surface area contributed by atoms with Gasteiger partial charge in [0, 0.05) is 19.4 Å². The molecule has 1 aliphatic heterocycles. The van der Waals surface area contributed by atoms with Crippen LogP contribution in [-0.4, -0.2) is 41.2 Å². The highest BCUT2D eigenvalue weighted by Crippen LogP contribution is 2.15. The molecular formula is C24H27N3O4. The van der Waals surface area contributed by atoms with Crippen LogP contribution in [0.3, 0.4) is 0 Å². The maximum Gasteiger partial charge on any atom is 0.307 e. The van der Waals surface area contributed by atoms with Gasteiger partial charge in [-0.2, -0.15) is 5.10 Å². The van der Waals surface area contributed by atoms with E-state index in [0.717, 1.165) is 22.4 Å². The summed E-state index contributed by atoms with van der Waals surface area (Å²) in [6, 6.07) is 17.5. The molecule has 2 aromatic carbocycles. The van der Waals surface area contributed by atoms with E-state index >= 15 is 0 Å². The third-order valence-corrected chi connectivity index (χ3v) is 5.00. The molecule has 0 radical (unpaired) electrons. The van der Waals surface area contributed by atoms with Crippen LogP contribution in [0.2, 0.25) is 0 Å². The van der Waals surface area contributed by atoms with Crippen LogP contribution in [0, 0.1) is 6.92 Å². The van der Waals surface area contributed by atoms with Gasteiger partial charge in [-0.25, -0.2) is 5.01 Å².